The zero-order valence-corrected chi connectivity index (χ0v) is 11.6. The first-order chi connectivity index (χ1) is 10.1. The summed E-state index contributed by atoms with van der Waals surface area (Å²) in [6.45, 7) is 2.53. The van der Waals surface area contributed by atoms with Crippen LogP contribution in [0.25, 0.3) is 0 Å². The minimum Gasteiger partial charge on any atom is -0.384 e. The molecule has 2 rings (SSSR count). The number of nitrogens with two attached hydrogens (primary N) is 1. The van der Waals surface area contributed by atoms with Gasteiger partial charge in [-0.25, -0.2) is 0 Å². The van der Waals surface area contributed by atoms with E-state index in [1.165, 1.54) is 23.8 Å². The van der Waals surface area contributed by atoms with E-state index in [-0.39, 0.29) is 11.3 Å². The van der Waals surface area contributed by atoms with Crippen LogP contribution in [0.5, 0.6) is 0 Å². The Balaban J connectivity index is 2.03. The van der Waals surface area contributed by atoms with Gasteiger partial charge in [0.15, 0.2) is 0 Å². The van der Waals surface area contributed by atoms with Crippen LogP contribution in [0.1, 0.15) is 23.2 Å². The predicted molar refractivity (Wildman–Crippen MR) is 80.3 cm³/mol. The Hall–Kier alpha value is -2.41. The van der Waals surface area contributed by atoms with E-state index in [1.54, 1.807) is 0 Å². The predicted octanol–water partition coefficient (Wildman–Crippen LogP) is 1.42. The van der Waals surface area contributed by atoms with Crippen LogP contribution in [-0.2, 0) is 0 Å². The molecule has 0 aliphatic carbocycles. The van der Waals surface area contributed by atoms with Crippen molar-refractivity contribution in [3.63, 3.8) is 0 Å². The van der Waals surface area contributed by atoms with Crippen molar-refractivity contribution < 1.29 is 9.72 Å². The molecular weight excluding hydrogens is 272 g/mol. The van der Waals surface area contributed by atoms with Crippen molar-refractivity contribution in [1.82, 2.24) is 5.32 Å². The third-order valence-corrected chi connectivity index (χ3v) is 3.40. The van der Waals surface area contributed by atoms with E-state index in [0.717, 1.165) is 25.9 Å². The topological polar surface area (TPSA) is 110 Å². The van der Waals surface area contributed by atoms with Gasteiger partial charge in [-0.1, -0.05) is 11.6 Å². The second-order valence-corrected chi connectivity index (χ2v) is 4.84. The normalized spacial score (nSPS) is 14.4. The number of nitrogens with zero attached hydrogens (tertiary/aromatic N) is 1. The molecule has 0 radical (unpaired) electrons. The van der Waals surface area contributed by atoms with Crippen LogP contribution in [0.4, 0.5) is 11.4 Å². The molecule has 0 aromatic heterocycles. The highest BCUT2D eigenvalue weighted by Crippen LogP contribution is 2.22. The second kappa shape index (κ2) is 6.85. The maximum absolute atomic E-state index is 11.4. The number of anilines is 1. The van der Waals surface area contributed by atoms with Gasteiger partial charge in [0.25, 0.3) is 11.6 Å². The molecule has 21 heavy (non-hydrogen) atoms. The highest BCUT2D eigenvalue weighted by atomic mass is 16.6. The summed E-state index contributed by atoms with van der Waals surface area (Å²) >= 11 is 0. The van der Waals surface area contributed by atoms with Crippen LogP contribution >= 0.6 is 0 Å². The molecule has 112 valence electrons. The lowest BCUT2D eigenvalue weighted by Crippen LogP contribution is -2.21. The number of carbonyl (C=O) groups is 1. The zero-order valence-electron chi connectivity index (χ0n) is 11.6. The molecule has 1 aromatic rings. The van der Waals surface area contributed by atoms with Crippen LogP contribution in [0, 0.1) is 10.1 Å². The van der Waals surface area contributed by atoms with Crippen molar-refractivity contribution in [2.75, 3.05) is 25.0 Å². The van der Waals surface area contributed by atoms with Gasteiger partial charge in [-0.3, -0.25) is 14.9 Å². The molecule has 1 aliphatic rings. The molecule has 1 heterocycles. The molecule has 7 nitrogen and oxygen atoms in total. The Morgan fingerprint density at radius 1 is 1.48 bits per heavy atom. The highest BCUT2D eigenvalue weighted by Gasteiger charge is 2.14. The van der Waals surface area contributed by atoms with Crippen molar-refractivity contribution in [1.29, 1.82) is 0 Å². The van der Waals surface area contributed by atoms with Crippen LogP contribution in [0.2, 0.25) is 0 Å². The molecule has 0 fully saturated rings. The molecule has 0 saturated carbocycles. The van der Waals surface area contributed by atoms with Crippen molar-refractivity contribution in [3.8, 4) is 0 Å². The Morgan fingerprint density at radius 2 is 2.29 bits per heavy atom. The molecule has 7 heteroatoms. The number of amides is 1. The fourth-order valence-corrected chi connectivity index (χ4v) is 2.26. The molecule has 1 aromatic carbocycles. The minimum absolute atomic E-state index is 0.142. The van der Waals surface area contributed by atoms with E-state index in [0.29, 0.717) is 12.2 Å². The van der Waals surface area contributed by atoms with E-state index >= 15 is 0 Å². The van der Waals surface area contributed by atoms with Crippen LogP contribution in [-0.4, -0.2) is 30.5 Å². The highest BCUT2D eigenvalue weighted by molar-refractivity contribution is 5.99. The second-order valence-electron chi connectivity index (χ2n) is 4.84. The van der Waals surface area contributed by atoms with Crippen LogP contribution in [0.15, 0.2) is 29.8 Å². The van der Waals surface area contributed by atoms with Gasteiger partial charge in [-0.05, 0) is 25.5 Å². The van der Waals surface area contributed by atoms with E-state index < -0.39 is 10.8 Å². The number of primary amides is 1. The summed E-state index contributed by atoms with van der Waals surface area (Å²) in [6.07, 6.45) is 4.05. The Morgan fingerprint density at radius 3 is 2.90 bits per heavy atom. The van der Waals surface area contributed by atoms with Crippen LogP contribution < -0.4 is 16.4 Å². The minimum atomic E-state index is -0.678. The molecule has 0 atom stereocenters. The molecule has 4 N–H and O–H groups in total. The fourth-order valence-electron chi connectivity index (χ4n) is 2.26. The SMILES string of the molecule is NC(=O)c1cc([N+](=O)[O-])ccc1NCCC1=CCNCC1. The number of nitro benzene ring substituents is 1. The number of nitrogens with one attached hydrogen (secondary N) is 2. The van der Waals surface area contributed by atoms with E-state index in [9.17, 15) is 14.9 Å². The van der Waals surface area contributed by atoms with Crippen molar-refractivity contribution in [2.45, 2.75) is 12.8 Å². The van der Waals surface area contributed by atoms with E-state index in [2.05, 4.69) is 16.7 Å². The lowest BCUT2D eigenvalue weighted by Gasteiger charge is -2.15. The van der Waals surface area contributed by atoms with Crippen molar-refractivity contribution >= 4 is 17.3 Å². The molecule has 0 spiro atoms. The summed E-state index contributed by atoms with van der Waals surface area (Å²) < 4.78 is 0. The number of non-ortho nitro benzene ring substituents is 1. The summed E-state index contributed by atoms with van der Waals surface area (Å²) in [7, 11) is 0. The van der Waals surface area contributed by atoms with Gasteiger partial charge in [0.05, 0.1) is 10.5 Å². The number of carbonyl (C=O) groups excluding carboxylic acids is 1. The molecule has 1 aliphatic heterocycles. The summed E-state index contributed by atoms with van der Waals surface area (Å²) in [5, 5.41) is 17.1. The largest absolute Gasteiger partial charge is 0.384 e. The number of benzene rings is 1. The first-order valence-electron chi connectivity index (χ1n) is 6.78. The number of rotatable bonds is 6. The molecule has 1 amide bonds. The fraction of sp³-hybridized carbons (Fsp3) is 0.357. The number of hydrogen-bond acceptors (Lipinski definition) is 5. The first kappa shape index (κ1) is 15.0. The maximum atomic E-state index is 11.4. The molecule has 0 unspecified atom stereocenters. The summed E-state index contributed by atoms with van der Waals surface area (Å²) in [6, 6.07) is 4.09. The van der Waals surface area contributed by atoms with E-state index in [1.807, 2.05) is 0 Å². The zero-order chi connectivity index (χ0) is 15.2. The third kappa shape index (κ3) is 4.03. The quantitative estimate of drug-likeness (QED) is 0.417. The number of nitro groups is 1. The van der Waals surface area contributed by atoms with Gasteiger partial charge in [0.1, 0.15) is 0 Å². The molecule has 0 saturated heterocycles. The van der Waals surface area contributed by atoms with Crippen molar-refractivity contribution in [3.05, 3.63) is 45.5 Å². The Labute approximate surface area is 122 Å². The Bertz CT molecular complexity index is 584. The molecular formula is C14H18N4O3. The number of hydrogen-bond donors (Lipinski definition) is 3. The van der Waals surface area contributed by atoms with Gasteiger partial charge < -0.3 is 16.4 Å². The van der Waals surface area contributed by atoms with Gasteiger partial charge in [0.2, 0.25) is 0 Å². The summed E-state index contributed by atoms with van der Waals surface area (Å²) in [5.74, 6) is -0.678. The van der Waals surface area contributed by atoms with Crippen LogP contribution in [0.3, 0.4) is 0 Å². The Kier molecular flexibility index (Phi) is 4.89. The standard InChI is InChI=1S/C14H18N4O3/c15-14(19)12-9-11(18(20)21)1-2-13(12)17-8-5-10-3-6-16-7-4-10/h1-3,9,16-17H,4-8H2,(H2,15,19). The smallest absolute Gasteiger partial charge is 0.270 e. The third-order valence-electron chi connectivity index (χ3n) is 3.40. The lowest BCUT2D eigenvalue weighted by molar-refractivity contribution is -0.384. The van der Waals surface area contributed by atoms with Gasteiger partial charge in [0, 0.05) is 30.9 Å². The summed E-state index contributed by atoms with van der Waals surface area (Å²) in [5.41, 5.74) is 7.17. The average Bonchev–Trinajstić information content (AvgIpc) is 2.48. The van der Waals surface area contributed by atoms with Gasteiger partial charge in [-0.15, -0.1) is 0 Å². The van der Waals surface area contributed by atoms with Crippen molar-refractivity contribution in [2.24, 2.45) is 5.73 Å². The van der Waals surface area contributed by atoms with Gasteiger partial charge in [-0.2, -0.15) is 0 Å². The van der Waals surface area contributed by atoms with Gasteiger partial charge >= 0.3 is 0 Å². The average molecular weight is 290 g/mol. The monoisotopic (exact) mass is 290 g/mol. The molecule has 0 bridgehead atoms. The first-order valence-corrected chi connectivity index (χ1v) is 6.78. The van der Waals surface area contributed by atoms with E-state index in [4.69, 9.17) is 5.73 Å². The maximum Gasteiger partial charge on any atom is 0.270 e. The summed E-state index contributed by atoms with van der Waals surface area (Å²) in [4.78, 5) is 21.6. The lowest BCUT2D eigenvalue weighted by atomic mass is 10.1.